The Morgan fingerprint density at radius 1 is 0.981 bits per heavy atom. The number of ether oxygens (including phenoxy) is 2. The average Bonchev–Trinajstić information content (AvgIpc) is 3.72. The molecule has 0 bridgehead atoms. The molecule has 0 aliphatic carbocycles. The van der Waals surface area contributed by atoms with E-state index >= 15 is 0 Å². The van der Waals surface area contributed by atoms with Gasteiger partial charge in [-0.2, -0.15) is 5.10 Å². The van der Waals surface area contributed by atoms with Gasteiger partial charge in [0.2, 0.25) is 10.0 Å². The second-order valence-corrected chi connectivity index (χ2v) is 16.5. The van der Waals surface area contributed by atoms with Crippen molar-refractivity contribution in [3.8, 4) is 22.9 Å². The van der Waals surface area contributed by atoms with E-state index in [0.717, 1.165) is 54.1 Å². The number of nitrogens with two attached hydrogens (primary N) is 1. The Labute approximate surface area is 304 Å². The van der Waals surface area contributed by atoms with Crippen molar-refractivity contribution in [2.24, 2.45) is 0 Å². The normalized spacial score (nSPS) is 19.1. The number of sulfonamides is 1. The zero-order chi connectivity index (χ0) is 36.7. The quantitative estimate of drug-likeness (QED) is 0.180. The van der Waals surface area contributed by atoms with E-state index in [1.165, 1.54) is 23.2 Å². The van der Waals surface area contributed by atoms with Crippen molar-refractivity contribution in [1.29, 1.82) is 0 Å². The SMILES string of the molecule is Cc1cc(-n2ncc(C(=O)C3Cc4cc(OC5CCN(C(C)C)CC5)c(C5CCN(S(C)(=O)=O)CC5)cc4N3)c2N)ccc1Oc1ccccc1F. The molecule has 1 unspecified atom stereocenters. The number of rotatable bonds is 10. The molecule has 4 aromatic rings. The topological polar surface area (TPSA) is 132 Å². The van der Waals surface area contributed by atoms with E-state index in [4.69, 9.17) is 15.2 Å². The number of likely N-dealkylation sites (tertiary alicyclic amines) is 1. The van der Waals surface area contributed by atoms with Crippen LogP contribution in [0.2, 0.25) is 0 Å². The van der Waals surface area contributed by atoms with Crippen LogP contribution in [0.1, 0.15) is 72.5 Å². The molecule has 13 heteroatoms. The van der Waals surface area contributed by atoms with Crippen molar-refractivity contribution in [1.82, 2.24) is 19.0 Å². The summed E-state index contributed by atoms with van der Waals surface area (Å²) in [4.78, 5) is 16.5. The molecule has 3 aliphatic rings. The standard InChI is InChI=1S/C39H47FN6O5S/c1-24(2)44-15-13-29(14-16-44)50-37-21-27-20-34(43-33(27)22-30(37)26-11-17-45(18-12-26)52(4,48)49)38(47)31-23-42-46(39(31)41)28-9-10-35(25(3)19-28)51-36-8-6-5-7-32(36)40/h5-10,19,21-24,26,29,34,43H,11-18,20,41H2,1-4H3. The zero-order valence-corrected chi connectivity index (χ0v) is 31.0. The number of para-hydroxylation sites is 1. The van der Waals surface area contributed by atoms with Crippen LogP contribution in [-0.2, 0) is 16.4 Å². The van der Waals surface area contributed by atoms with Crippen LogP contribution in [0.15, 0.2) is 60.8 Å². The van der Waals surface area contributed by atoms with Gasteiger partial charge in [-0.3, -0.25) is 4.79 Å². The van der Waals surface area contributed by atoms with Crippen LogP contribution in [0, 0.1) is 12.7 Å². The van der Waals surface area contributed by atoms with Crippen molar-refractivity contribution in [2.75, 3.05) is 43.5 Å². The number of aromatic nitrogens is 2. The molecule has 4 heterocycles. The van der Waals surface area contributed by atoms with Gasteiger partial charge < -0.3 is 25.4 Å². The smallest absolute Gasteiger partial charge is 0.211 e. The Hall–Kier alpha value is -4.46. The number of nitrogens with one attached hydrogen (secondary N) is 1. The van der Waals surface area contributed by atoms with Crippen molar-refractivity contribution >= 4 is 27.3 Å². The van der Waals surface area contributed by atoms with Gasteiger partial charge in [-0.1, -0.05) is 12.1 Å². The number of Topliss-reactive ketones (excluding diaryl/α,β-unsaturated/α-hetero) is 1. The molecule has 3 aliphatic heterocycles. The zero-order valence-electron chi connectivity index (χ0n) is 30.1. The maximum Gasteiger partial charge on any atom is 0.211 e. The lowest BCUT2D eigenvalue weighted by atomic mass is 9.88. The lowest BCUT2D eigenvalue weighted by molar-refractivity contribution is 0.0831. The summed E-state index contributed by atoms with van der Waals surface area (Å²) >= 11 is 0. The van der Waals surface area contributed by atoms with Crippen LogP contribution in [-0.4, -0.2) is 83.8 Å². The molecule has 3 aromatic carbocycles. The predicted molar refractivity (Wildman–Crippen MR) is 200 cm³/mol. The molecular weight excluding hydrogens is 684 g/mol. The van der Waals surface area contributed by atoms with Crippen molar-refractivity contribution in [2.45, 2.75) is 77.0 Å². The number of halogens is 1. The highest BCUT2D eigenvalue weighted by molar-refractivity contribution is 7.88. The van der Waals surface area contributed by atoms with Crippen molar-refractivity contribution in [3.05, 3.63) is 88.9 Å². The number of piperidine rings is 2. The van der Waals surface area contributed by atoms with Crippen molar-refractivity contribution < 1.29 is 27.1 Å². The van der Waals surface area contributed by atoms with Crippen LogP contribution >= 0.6 is 0 Å². The Kier molecular flexibility index (Phi) is 10.0. The number of benzene rings is 3. The first-order chi connectivity index (χ1) is 24.9. The van der Waals surface area contributed by atoms with E-state index in [9.17, 15) is 17.6 Å². The Bertz CT molecular complexity index is 2070. The summed E-state index contributed by atoms with van der Waals surface area (Å²) < 4.78 is 54.3. The van der Waals surface area contributed by atoms with Gasteiger partial charge in [0.15, 0.2) is 17.3 Å². The minimum absolute atomic E-state index is 0.0871. The molecule has 0 radical (unpaired) electrons. The summed E-state index contributed by atoms with van der Waals surface area (Å²) in [5, 5.41) is 7.92. The molecule has 276 valence electrons. The molecular formula is C39H47FN6O5S. The maximum atomic E-state index is 14.2. The van der Waals surface area contributed by atoms with Gasteiger partial charge in [-0.15, -0.1) is 0 Å². The Morgan fingerprint density at radius 2 is 1.71 bits per heavy atom. The van der Waals surface area contributed by atoms with Gasteiger partial charge >= 0.3 is 0 Å². The monoisotopic (exact) mass is 730 g/mol. The number of carbonyl (C=O) groups is 1. The molecule has 2 saturated heterocycles. The summed E-state index contributed by atoms with van der Waals surface area (Å²) in [6.45, 7) is 9.17. The fourth-order valence-corrected chi connectivity index (χ4v) is 8.51. The molecule has 1 atom stereocenters. The molecule has 1 aromatic heterocycles. The van der Waals surface area contributed by atoms with Crippen molar-refractivity contribution in [3.63, 3.8) is 0 Å². The van der Waals surface area contributed by atoms with Gasteiger partial charge in [-0.05, 0) is 112 Å². The second-order valence-electron chi connectivity index (χ2n) is 14.5. The Balaban J connectivity index is 1.09. The molecule has 7 rings (SSSR count). The third kappa shape index (κ3) is 7.39. The molecule has 0 spiro atoms. The van der Waals surface area contributed by atoms with Gasteiger partial charge in [0.05, 0.1) is 29.7 Å². The number of fused-ring (bicyclic) bond motifs is 1. The average molecular weight is 731 g/mol. The third-order valence-corrected chi connectivity index (χ3v) is 12.0. The van der Waals surface area contributed by atoms with Gasteiger partial charge in [-0.25, -0.2) is 21.8 Å². The molecule has 2 fully saturated rings. The van der Waals surface area contributed by atoms with Crippen LogP contribution in [0.4, 0.5) is 15.9 Å². The predicted octanol–water partition coefficient (Wildman–Crippen LogP) is 6.30. The fourth-order valence-electron chi connectivity index (χ4n) is 7.63. The minimum Gasteiger partial charge on any atom is -0.490 e. The van der Waals surface area contributed by atoms with Gasteiger partial charge in [0, 0.05) is 44.3 Å². The lowest BCUT2D eigenvalue weighted by Crippen LogP contribution is -2.42. The highest BCUT2D eigenvalue weighted by Gasteiger charge is 2.34. The van der Waals surface area contributed by atoms with Gasteiger partial charge in [0.25, 0.3) is 0 Å². The number of hydrogen-bond acceptors (Lipinski definition) is 9. The van der Waals surface area contributed by atoms with Crippen LogP contribution in [0.3, 0.4) is 0 Å². The number of carbonyl (C=O) groups excluding carboxylic acids is 1. The third-order valence-electron chi connectivity index (χ3n) is 10.7. The lowest BCUT2D eigenvalue weighted by Gasteiger charge is -2.36. The first kappa shape index (κ1) is 35.9. The highest BCUT2D eigenvalue weighted by atomic mass is 32.2. The summed E-state index contributed by atoms with van der Waals surface area (Å²) in [7, 11) is -3.25. The number of aryl methyl sites for hydroxylation is 1. The minimum atomic E-state index is -3.25. The maximum absolute atomic E-state index is 14.2. The number of ketones is 1. The molecule has 0 saturated carbocycles. The van der Waals surface area contributed by atoms with E-state index in [0.29, 0.717) is 55.4 Å². The van der Waals surface area contributed by atoms with E-state index < -0.39 is 21.9 Å². The summed E-state index contributed by atoms with van der Waals surface area (Å²) in [6.07, 6.45) is 6.58. The van der Waals surface area contributed by atoms with E-state index in [1.807, 2.05) is 13.0 Å². The van der Waals surface area contributed by atoms with E-state index in [2.05, 4.69) is 41.3 Å². The van der Waals surface area contributed by atoms with E-state index in [-0.39, 0.29) is 29.4 Å². The summed E-state index contributed by atoms with van der Waals surface area (Å²) in [6, 6.07) is 15.7. The van der Waals surface area contributed by atoms with Gasteiger partial charge in [0.1, 0.15) is 23.4 Å². The van der Waals surface area contributed by atoms with Crippen LogP contribution < -0.4 is 20.5 Å². The number of anilines is 2. The molecule has 0 amide bonds. The Morgan fingerprint density at radius 3 is 2.38 bits per heavy atom. The van der Waals surface area contributed by atoms with E-state index in [1.54, 1.807) is 34.6 Å². The van der Waals surface area contributed by atoms with Crippen LogP contribution in [0.5, 0.6) is 17.2 Å². The van der Waals surface area contributed by atoms with Crippen LogP contribution in [0.25, 0.3) is 5.69 Å². The molecule has 3 N–H and O–H groups in total. The highest BCUT2D eigenvalue weighted by Crippen LogP contribution is 2.42. The number of nitrogen functional groups attached to an aromatic ring is 1. The summed E-state index contributed by atoms with van der Waals surface area (Å²) in [5.41, 5.74) is 11.2. The first-order valence-corrected chi connectivity index (χ1v) is 19.9. The number of hydrogen-bond donors (Lipinski definition) is 2. The number of nitrogens with zero attached hydrogens (tertiary/aromatic N) is 4. The molecule has 11 nitrogen and oxygen atoms in total. The fraction of sp³-hybridized carbons (Fsp3) is 0.436. The second kappa shape index (κ2) is 14.5. The first-order valence-electron chi connectivity index (χ1n) is 18.1. The summed E-state index contributed by atoms with van der Waals surface area (Å²) in [5.74, 6) is 1.19. The molecule has 52 heavy (non-hydrogen) atoms. The largest absolute Gasteiger partial charge is 0.490 e.